The van der Waals surface area contributed by atoms with Crippen LogP contribution < -0.4 is 11.3 Å². The van der Waals surface area contributed by atoms with Gasteiger partial charge in [-0.25, -0.2) is 0 Å². The maximum Gasteiger partial charge on any atom is 0.0976 e. The summed E-state index contributed by atoms with van der Waals surface area (Å²) >= 11 is 9.67. The van der Waals surface area contributed by atoms with E-state index in [4.69, 9.17) is 17.4 Å². The first-order chi connectivity index (χ1) is 6.83. The fourth-order valence-corrected chi connectivity index (χ4v) is 4.12. The molecular weight excluding hydrogens is 236 g/mol. The molecule has 1 aliphatic rings. The molecule has 0 saturated carbocycles. The molecule has 0 aromatic carbocycles. The second-order valence-electron chi connectivity index (χ2n) is 3.42. The number of hydrogen-bond donors (Lipinski definition) is 2. The van der Waals surface area contributed by atoms with Gasteiger partial charge in [0.15, 0.2) is 0 Å². The van der Waals surface area contributed by atoms with Gasteiger partial charge in [0, 0.05) is 5.56 Å². The highest BCUT2D eigenvalue weighted by atomic mass is 35.5. The Morgan fingerprint density at radius 2 is 2.50 bits per heavy atom. The van der Waals surface area contributed by atoms with Crippen molar-refractivity contribution in [2.75, 3.05) is 11.5 Å². The third kappa shape index (κ3) is 2.09. The van der Waals surface area contributed by atoms with E-state index < -0.39 is 0 Å². The summed E-state index contributed by atoms with van der Waals surface area (Å²) in [5, 5.41) is 2.02. The largest absolute Gasteiger partial charge is 0.271 e. The summed E-state index contributed by atoms with van der Waals surface area (Å²) in [6, 6.07) is 2.30. The normalized spacial score (nSPS) is 24.0. The van der Waals surface area contributed by atoms with Crippen molar-refractivity contribution < 1.29 is 0 Å². The summed E-state index contributed by atoms with van der Waals surface area (Å²) in [4.78, 5) is 0. The molecule has 0 bridgehead atoms. The SMILES string of the molecule is NNC(c1ccsc1Cl)C1CCSC1. The van der Waals surface area contributed by atoms with Crippen LogP contribution >= 0.6 is 34.7 Å². The van der Waals surface area contributed by atoms with Gasteiger partial charge < -0.3 is 0 Å². The van der Waals surface area contributed by atoms with Gasteiger partial charge in [-0.3, -0.25) is 11.3 Å². The molecule has 78 valence electrons. The number of hydrazine groups is 1. The van der Waals surface area contributed by atoms with E-state index >= 15 is 0 Å². The van der Waals surface area contributed by atoms with Crippen LogP contribution in [-0.2, 0) is 0 Å². The Morgan fingerprint density at radius 3 is 3.00 bits per heavy atom. The molecule has 2 atom stereocenters. The molecule has 2 rings (SSSR count). The van der Waals surface area contributed by atoms with Gasteiger partial charge in [0.2, 0.25) is 0 Å². The molecule has 2 nitrogen and oxygen atoms in total. The van der Waals surface area contributed by atoms with Crippen LogP contribution in [0, 0.1) is 5.92 Å². The molecule has 2 unspecified atom stereocenters. The maximum atomic E-state index is 6.11. The van der Waals surface area contributed by atoms with Crippen molar-refractivity contribution in [1.82, 2.24) is 5.43 Å². The molecule has 0 radical (unpaired) electrons. The zero-order chi connectivity index (χ0) is 9.97. The molecule has 1 aliphatic heterocycles. The number of halogens is 1. The highest BCUT2D eigenvalue weighted by Crippen LogP contribution is 2.38. The first-order valence-electron chi connectivity index (χ1n) is 4.59. The number of thioether (sulfide) groups is 1. The minimum Gasteiger partial charge on any atom is -0.271 e. The molecule has 0 aliphatic carbocycles. The highest BCUT2D eigenvalue weighted by Gasteiger charge is 2.27. The number of rotatable bonds is 3. The minimum absolute atomic E-state index is 0.226. The van der Waals surface area contributed by atoms with Crippen LogP contribution in [0.5, 0.6) is 0 Å². The van der Waals surface area contributed by atoms with Crippen LogP contribution in [0.15, 0.2) is 11.4 Å². The van der Waals surface area contributed by atoms with Crippen LogP contribution in [0.25, 0.3) is 0 Å². The fraction of sp³-hybridized carbons (Fsp3) is 0.556. The Labute approximate surface area is 97.2 Å². The van der Waals surface area contributed by atoms with E-state index in [0.717, 1.165) is 9.90 Å². The number of thiophene rings is 1. The summed E-state index contributed by atoms with van der Waals surface area (Å²) in [6.45, 7) is 0. The molecule has 1 aromatic heterocycles. The van der Waals surface area contributed by atoms with E-state index in [-0.39, 0.29) is 6.04 Å². The van der Waals surface area contributed by atoms with Crippen LogP contribution in [0.4, 0.5) is 0 Å². The van der Waals surface area contributed by atoms with Crippen molar-refractivity contribution in [2.24, 2.45) is 11.8 Å². The molecule has 1 fully saturated rings. The van der Waals surface area contributed by atoms with Gasteiger partial charge >= 0.3 is 0 Å². The fourth-order valence-electron chi connectivity index (χ4n) is 1.82. The molecule has 5 heteroatoms. The van der Waals surface area contributed by atoms with Gasteiger partial charge in [0.05, 0.1) is 10.4 Å². The summed E-state index contributed by atoms with van der Waals surface area (Å²) < 4.78 is 0.866. The number of nitrogens with two attached hydrogens (primary N) is 1. The van der Waals surface area contributed by atoms with Crippen molar-refractivity contribution in [1.29, 1.82) is 0 Å². The molecular formula is C9H13ClN2S2. The second kappa shape index (κ2) is 4.86. The van der Waals surface area contributed by atoms with Crippen molar-refractivity contribution in [3.8, 4) is 0 Å². The Balaban J connectivity index is 2.16. The summed E-state index contributed by atoms with van der Waals surface area (Å²) in [5.41, 5.74) is 4.06. The van der Waals surface area contributed by atoms with Gasteiger partial charge in [-0.2, -0.15) is 11.8 Å². The summed E-state index contributed by atoms with van der Waals surface area (Å²) in [6.07, 6.45) is 1.23. The summed E-state index contributed by atoms with van der Waals surface area (Å²) in [7, 11) is 0. The summed E-state index contributed by atoms with van der Waals surface area (Å²) in [5.74, 6) is 8.64. The molecule has 2 heterocycles. The van der Waals surface area contributed by atoms with E-state index in [2.05, 4.69) is 11.5 Å². The average Bonchev–Trinajstić information content (AvgIpc) is 2.80. The van der Waals surface area contributed by atoms with Crippen LogP contribution in [0.2, 0.25) is 4.34 Å². The van der Waals surface area contributed by atoms with E-state index in [1.54, 1.807) is 11.3 Å². The lowest BCUT2D eigenvalue weighted by Gasteiger charge is -2.21. The monoisotopic (exact) mass is 248 g/mol. The Hall–Kier alpha value is 0.260. The third-order valence-corrected chi connectivity index (χ3v) is 4.99. The van der Waals surface area contributed by atoms with Gasteiger partial charge in [-0.1, -0.05) is 11.6 Å². The van der Waals surface area contributed by atoms with Crippen molar-refractivity contribution in [3.05, 3.63) is 21.3 Å². The predicted octanol–water partition coefficient (Wildman–Crippen LogP) is 2.66. The van der Waals surface area contributed by atoms with Crippen LogP contribution in [0.1, 0.15) is 18.0 Å². The smallest absolute Gasteiger partial charge is 0.0976 e. The van der Waals surface area contributed by atoms with Gasteiger partial charge in [0.1, 0.15) is 0 Å². The van der Waals surface area contributed by atoms with E-state index in [1.807, 2.05) is 17.1 Å². The standard InChI is InChI=1S/C9H13ClN2S2/c10-9-7(2-4-14-9)8(12-11)6-1-3-13-5-6/h2,4,6,8,12H,1,3,5,11H2. The van der Waals surface area contributed by atoms with Gasteiger partial charge in [-0.15, -0.1) is 11.3 Å². The lowest BCUT2D eigenvalue weighted by atomic mass is 9.95. The molecule has 3 N–H and O–H groups in total. The van der Waals surface area contributed by atoms with Crippen LogP contribution in [-0.4, -0.2) is 11.5 Å². The number of nitrogens with one attached hydrogen (secondary N) is 1. The van der Waals surface area contributed by atoms with Crippen LogP contribution in [0.3, 0.4) is 0 Å². The molecule has 1 saturated heterocycles. The lowest BCUT2D eigenvalue weighted by molar-refractivity contribution is 0.401. The zero-order valence-corrected chi connectivity index (χ0v) is 10.1. The highest BCUT2D eigenvalue weighted by molar-refractivity contribution is 7.99. The van der Waals surface area contributed by atoms with Crippen molar-refractivity contribution in [3.63, 3.8) is 0 Å². The topological polar surface area (TPSA) is 38.0 Å². The molecule has 0 amide bonds. The minimum atomic E-state index is 0.226. The van der Waals surface area contributed by atoms with Crippen molar-refractivity contribution >= 4 is 34.7 Å². The Kier molecular flexibility index (Phi) is 3.73. The lowest BCUT2D eigenvalue weighted by Crippen LogP contribution is -2.33. The van der Waals surface area contributed by atoms with E-state index in [1.165, 1.54) is 17.9 Å². The maximum absolute atomic E-state index is 6.11. The first kappa shape index (κ1) is 10.8. The third-order valence-electron chi connectivity index (χ3n) is 2.60. The Morgan fingerprint density at radius 1 is 1.64 bits per heavy atom. The first-order valence-corrected chi connectivity index (χ1v) is 7.01. The van der Waals surface area contributed by atoms with E-state index in [0.29, 0.717) is 5.92 Å². The van der Waals surface area contributed by atoms with Gasteiger partial charge in [-0.05, 0) is 35.3 Å². The molecule has 14 heavy (non-hydrogen) atoms. The number of hydrogen-bond acceptors (Lipinski definition) is 4. The Bertz CT molecular complexity index is 297. The quantitative estimate of drug-likeness (QED) is 0.638. The van der Waals surface area contributed by atoms with E-state index in [9.17, 15) is 0 Å². The average molecular weight is 249 g/mol. The zero-order valence-electron chi connectivity index (χ0n) is 7.70. The molecule has 1 aromatic rings. The molecule has 0 spiro atoms. The van der Waals surface area contributed by atoms with Gasteiger partial charge in [0.25, 0.3) is 0 Å². The van der Waals surface area contributed by atoms with Crippen molar-refractivity contribution in [2.45, 2.75) is 12.5 Å². The second-order valence-corrected chi connectivity index (χ2v) is 6.09. The predicted molar refractivity (Wildman–Crippen MR) is 64.8 cm³/mol.